The molecule has 1 atom stereocenters. The van der Waals surface area contributed by atoms with E-state index in [4.69, 9.17) is 35.9 Å². The van der Waals surface area contributed by atoms with Gasteiger partial charge in [-0.05, 0) is 72.9 Å². The van der Waals surface area contributed by atoms with Crippen molar-refractivity contribution in [2.75, 3.05) is 25.3 Å². The van der Waals surface area contributed by atoms with Gasteiger partial charge in [-0.1, -0.05) is 23.7 Å². The number of aliphatic carboxylic acids is 1. The maximum atomic E-state index is 11.8. The lowest BCUT2D eigenvalue weighted by Gasteiger charge is -2.17. The van der Waals surface area contributed by atoms with Gasteiger partial charge in [-0.2, -0.15) is 5.10 Å². The number of hydrogen-bond acceptors (Lipinski definition) is 7. The van der Waals surface area contributed by atoms with Crippen LogP contribution in [0.4, 0.5) is 5.82 Å². The maximum Gasteiger partial charge on any atom is 0.303 e. The molecule has 9 nitrogen and oxygen atoms in total. The molecule has 2 N–H and O–H groups in total. The number of pyridine rings is 1. The number of aryl methyl sites for hydroxylation is 1. The van der Waals surface area contributed by atoms with Gasteiger partial charge in [0.1, 0.15) is 5.82 Å². The number of hydrogen-bond donors (Lipinski definition) is 2. The van der Waals surface area contributed by atoms with E-state index < -0.39 is 5.97 Å². The van der Waals surface area contributed by atoms with E-state index in [1.807, 2.05) is 36.4 Å². The Hall–Kier alpha value is -4.24. The third kappa shape index (κ3) is 5.84. The zero-order chi connectivity index (χ0) is 27.5. The number of carboxylic acids is 1. The number of ether oxygens (including phenoxy) is 3. The molecule has 2 aliphatic heterocycles. The summed E-state index contributed by atoms with van der Waals surface area (Å²) < 4.78 is 18.9. The molecule has 2 aromatic carbocycles. The number of halogens is 1. The van der Waals surface area contributed by atoms with Crippen LogP contribution >= 0.6 is 11.6 Å². The number of benzene rings is 2. The summed E-state index contributed by atoms with van der Waals surface area (Å²) in [6.45, 7) is 1.51. The number of nitrogens with zero attached hydrogens (tertiary/aromatic N) is 3. The van der Waals surface area contributed by atoms with Gasteiger partial charge >= 0.3 is 5.97 Å². The van der Waals surface area contributed by atoms with E-state index in [9.17, 15) is 9.90 Å². The van der Waals surface area contributed by atoms with Crippen LogP contribution in [-0.4, -0.2) is 45.8 Å². The number of carbonyl (C=O) groups is 1. The summed E-state index contributed by atoms with van der Waals surface area (Å²) in [5.41, 5.74) is 4.56. The third-order valence-corrected chi connectivity index (χ3v) is 7.36. The molecule has 6 rings (SSSR count). The van der Waals surface area contributed by atoms with Gasteiger partial charge in [0.15, 0.2) is 11.5 Å². The summed E-state index contributed by atoms with van der Waals surface area (Å²) in [4.78, 5) is 16.5. The Labute approximate surface area is 236 Å². The van der Waals surface area contributed by atoms with Crippen molar-refractivity contribution in [1.82, 2.24) is 14.8 Å². The second-order valence-electron chi connectivity index (χ2n) is 9.91. The predicted molar refractivity (Wildman–Crippen MR) is 150 cm³/mol. The van der Waals surface area contributed by atoms with Gasteiger partial charge in [-0.15, -0.1) is 0 Å². The first kappa shape index (κ1) is 26.0. The Morgan fingerprint density at radius 1 is 1.07 bits per heavy atom. The topological polar surface area (TPSA) is 108 Å². The highest BCUT2D eigenvalue weighted by Gasteiger charge is 2.23. The van der Waals surface area contributed by atoms with E-state index in [1.54, 1.807) is 16.8 Å². The van der Waals surface area contributed by atoms with Crippen LogP contribution in [0.2, 0.25) is 5.02 Å². The number of carboxylic acid groups (broad SMARTS) is 1. The second-order valence-corrected chi connectivity index (χ2v) is 10.3. The van der Waals surface area contributed by atoms with Crippen LogP contribution in [0, 0.1) is 0 Å². The second kappa shape index (κ2) is 11.5. The van der Waals surface area contributed by atoms with Gasteiger partial charge in [0.25, 0.3) is 0 Å². The SMILES string of the molecule is O=C(O)CC(Cc1cc(OCCc2ccc3c(n2)NCCC3)n(-c2ccc(Cl)cc2)n1)c1ccc2c(c1)OCO2. The molecular formula is C30H29ClN4O5. The van der Waals surface area contributed by atoms with E-state index in [-0.39, 0.29) is 19.1 Å². The molecule has 0 fully saturated rings. The summed E-state index contributed by atoms with van der Waals surface area (Å²) in [5, 5.41) is 18.5. The lowest BCUT2D eigenvalue weighted by Crippen LogP contribution is -2.14. The molecule has 40 heavy (non-hydrogen) atoms. The van der Waals surface area contributed by atoms with Gasteiger partial charge in [0, 0.05) is 35.7 Å². The fourth-order valence-corrected chi connectivity index (χ4v) is 5.21. The molecule has 2 aromatic heterocycles. The van der Waals surface area contributed by atoms with Gasteiger partial charge in [-0.25, -0.2) is 9.67 Å². The molecule has 4 aromatic rings. The monoisotopic (exact) mass is 560 g/mol. The molecule has 4 heterocycles. The van der Waals surface area contributed by atoms with E-state index in [2.05, 4.69) is 17.4 Å². The zero-order valence-electron chi connectivity index (χ0n) is 21.8. The van der Waals surface area contributed by atoms with Crippen LogP contribution in [0.1, 0.15) is 41.3 Å². The van der Waals surface area contributed by atoms with Crippen LogP contribution < -0.4 is 19.5 Å². The van der Waals surface area contributed by atoms with Crippen LogP contribution in [-0.2, 0) is 24.1 Å². The summed E-state index contributed by atoms with van der Waals surface area (Å²) in [6, 6.07) is 19.0. The van der Waals surface area contributed by atoms with Crippen molar-refractivity contribution >= 4 is 23.4 Å². The molecule has 2 aliphatic rings. The third-order valence-electron chi connectivity index (χ3n) is 7.10. The molecule has 1 unspecified atom stereocenters. The summed E-state index contributed by atoms with van der Waals surface area (Å²) in [5.74, 6) is 1.60. The molecule has 0 saturated carbocycles. The molecule has 206 valence electrons. The van der Waals surface area contributed by atoms with Gasteiger partial charge in [0.2, 0.25) is 12.7 Å². The largest absolute Gasteiger partial charge is 0.481 e. The highest BCUT2D eigenvalue weighted by atomic mass is 35.5. The fraction of sp³-hybridized carbons (Fsp3) is 0.300. The van der Waals surface area contributed by atoms with Crippen molar-refractivity contribution < 1.29 is 24.1 Å². The van der Waals surface area contributed by atoms with Crippen molar-refractivity contribution in [3.8, 4) is 23.1 Å². The summed E-state index contributed by atoms with van der Waals surface area (Å²) in [6.07, 6.45) is 3.15. The maximum absolute atomic E-state index is 11.8. The quantitative estimate of drug-likeness (QED) is 0.264. The minimum absolute atomic E-state index is 0.0539. The molecule has 0 aliphatic carbocycles. The number of aromatic nitrogens is 3. The Bertz CT molecular complexity index is 1520. The fourth-order valence-electron chi connectivity index (χ4n) is 5.09. The van der Waals surface area contributed by atoms with Crippen LogP contribution in [0.25, 0.3) is 5.69 Å². The first-order chi connectivity index (χ1) is 19.5. The van der Waals surface area contributed by atoms with Gasteiger partial charge < -0.3 is 24.6 Å². The highest BCUT2D eigenvalue weighted by Crippen LogP contribution is 2.37. The van der Waals surface area contributed by atoms with Crippen molar-refractivity contribution in [3.63, 3.8) is 0 Å². The lowest BCUT2D eigenvalue weighted by atomic mass is 9.91. The van der Waals surface area contributed by atoms with E-state index in [0.717, 1.165) is 42.1 Å². The molecule has 10 heteroatoms. The lowest BCUT2D eigenvalue weighted by molar-refractivity contribution is -0.137. The average molecular weight is 561 g/mol. The van der Waals surface area contributed by atoms with E-state index >= 15 is 0 Å². The molecule has 0 radical (unpaired) electrons. The van der Waals surface area contributed by atoms with Crippen LogP contribution in [0.15, 0.2) is 60.7 Å². The van der Waals surface area contributed by atoms with Crippen LogP contribution in [0.3, 0.4) is 0 Å². The number of rotatable bonds is 10. The molecular weight excluding hydrogens is 532 g/mol. The number of nitrogens with one attached hydrogen (secondary N) is 1. The Balaban J connectivity index is 1.23. The summed E-state index contributed by atoms with van der Waals surface area (Å²) >= 11 is 6.12. The Morgan fingerprint density at radius 2 is 1.93 bits per heavy atom. The first-order valence-electron chi connectivity index (χ1n) is 13.3. The minimum Gasteiger partial charge on any atom is -0.481 e. The van der Waals surface area contributed by atoms with Crippen LogP contribution in [0.5, 0.6) is 17.4 Å². The minimum atomic E-state index is -0.886. The highest BCUT2D eigenvalue weighted by molar-refractivity contribution is 6.30. The van der Waals surface area contributed by atoms with Gasteiger partial charge in [0.05, 0.1) is 24.4 Å². The molecule has 0 saturated heterocycles. The normalized spacial score (nSPS) is 14.3. The smallest absolute Gasteiger partial charge is 0.303 e. The van der Waals surface area contributed by atoms with Gasteiger partial charge in [-0.3, -0.25) is 4.79 Å². The number of anilines is 1. The predicted octanol–water partition coefficient (Wildman–Crippen LogP) is 5.43. The van der Waals surface area contributed by atoms with E-state index in [1.165, 1.54) is 5.56 Å². The van der Waals surface area contributed by atoms with Crippen molar-refractivity contribution in [2.24, 2.45) is 0 Å². The van der Waals surface area contributed by atoms with Crippen molar-refractivity contribution in [2.45, 2.75) is 38.0 Å². The molecule has 0 spiro atoms. The standard InChI is InChI=1S/C30H29ClN4O5/c31-22-5-8-25(9-6-22)35-28(38-13-11-23-7-3-19-2-1-12-32-30(19)33-23)17-24(34-35)14-21(16-29(36)37)20-4-10-26-27(15-20)40-18-39-26/h3-10,15,17,21H,1-2,11-14,16,18H2,(H,32,33)(H,36,37). The Morgan fingerprint density at radius 3 is 2.77 bits per heavy atom. The Kier molecular flexibility index (Phi) is 7.46. The zero-order valence-corrected chi connectivity index (χ0v) is 22.6. The van der Waals surface area contributed by atoms with Crippen molar-refractivity contribution in [3.05, 3.63) is 88.2 Å². The van der Waals surface area contributed by atoms with Crippen molar-refractivity contribution in [1.29, 1.82) is 0 Å². The molecule has 0 amide bonds. The first-order valence-corrected chi connectivity index (χ1v) is 13.7. The number of fused-ring (bicyclic) bond motifs is 2. The average Bonchev–Trinajstić information content (AvgIpc) is 3.59. The molecule has 0 bridgehead atoms. The summed E-state index contributed by atoms with van der Waals surface area (Å²) in [7, 11) is 0. The van der Waals surface area contributed by atoms with E-state index in [0.29, 0.717) is 47.5 Å².